The Morgan fingerprint density at radius 1 is 1.43 bits per heavy atom. The predicted molar refractivity (Wildman–Crippen MR) is 37.1 cm³/mol. The van der Waals surface area contributed by atoms with Crippen LogP contribution in [0.25, 0.3) is 0 Å². The van der Waals surface area contributed by atoms with Crippen molar-refractivity contribution in [3.63, 3.8) is 0 Å². The van der Waals surface area contributed by atoms with Crippen molar-refractivity contribution in [1.82, 2.24) is 0 Å². The average molecular weight is 178 g/mol. The molecule has 0 aliphatic rings. The van der Waals surface area contributed by atoms with Crippen molar-refractivity contribution in [2.24, 2.45) is 5.73 Å². The van der Waals surface area contributed by atoms with E-state index >= 15 is 0 Å². The quantitative estimate of drug-likeness (QED) is 0.451. The first-order valence-corrected chi connectivity index (χ1v) is 2.85. The molecule has 0 aliphatic heterocycles. The molecule has 0 bridgehead atoms. The molecule has 0 spiro atoms. The van der Waals surface area contributed by atoms with Crippen molar-refractivity contribution >= 4 is 52.0 Å². The van der Waals surface area contributed by atoms with Crippen LogP contribution in [0.3, 0.4) is 0 Å². The first-order valence-electron chi connectivity index (χ1n) is 1.31. The fourth-order valence-corrected chi connectivity index (χ4v) is 0. The summed E-state index contributed by atoms with van der Waals surface area (Å²) in [6.45, 7) is 0. The largest absolute Gasteiger partial charge is 0.390 e. The summed E-state index contributed by atoms with van der Waals surface area (Å²) in [7, 11) is 0. The van der Waals surface area contributed by atoms with Crippen LogP contribution in [0.15, 0.2) is 0 Å². The summed E-state index contributed by atoms with van der Waals surface area (Å²) in [6.07, 6.45) is 0. The summed E-state index contributed by atoms with van der Waals surface area (Å²) in [4.78, 5) is -0.127. The van der Waals surface area contributed by atoms with E-state index in [1.807, 2.05) is 0 Å². The molecule has 0 aliphatic carbocycles. The van der Waals surface area contributed by atoms with E-state index in [1.165, 1.54) is 0 Å². The Bertz CT molecular complexity index is 85.4. The van der Waals surface area contributed by atoms with Gasteiger partial charge < -0.3 is 5.73 Å². The van der Waals surface area contributed by atoms with Gasteiger partial charge >= 0.3 is 0 Å². The van der Waals surface area contributed by atoms with Crippen LogP contribution in [0.1, 0.15) is 0 Å². The molecule has 7 heavy (non-hydrogen) atoms. The lowest BCUT2D eigenvalue weighted by Crippen LogP contribution is -2.25. The van der Waals surface area contributed by atoms with Crippen molar-refractivity contribution in [3.8, 4) is 0 Å². The fraction of sp³-hybridized carbons (Fsp3) is 0.500. The molecule has 0 aromatic heterocycles. The number of hydrogen-bond donors (Lipinski definition) is 1. The SMILES string of the molecule is NC(=S)C(Cl)(Cl)Cl. The second-order valence-corrected chi connectivity index (χ2v) is 3.58. The lowest BCUT2D eigenvalue weighted by molar-refractivity contribution is 1.54. The maximum atomic E-state index is 5.13. The molecule has 0 heterocycles. The molecule has 0 amide bonds. The van der Waals surface area contributed by atoms with E-state index in [0.29, 0.717) is 0 Å². The Kier molecular flexibility index (Phi) is 2.61. The van der Waals surface area contributed by atoms with Crippen molar-refractivity contribution in [1.29, 1.82) is 0 Å². The van der Waals surface area contributed by atoms with E-state index in [4.69, 9.17) is 40.5 Å². The minimum atomic E-state index is -1.57. The van der Waals surface area contributed by atoms with Crippen LogP contribution < -0.4 is 5.73 Å². The second-order valence-electron chi connectivity index (χ2n) is 0.862. The standard InChI is InChI=1S/C2H2Cl3NS/c3-2(4,5)1(6)7/h(H2,6,7). The average Bonchev–Trinajstić information content (AvgIpc) is 1.31. The minimum absolute atomic E-state index is 0.127. The molecule has 0 aromatic rings. The first-order chi connectivity index (χ1) is 2.94. The van der Waals surface area contributed by atoms with Gasteiger partial charge in [0.2, 0.25) is 3.79 Å². The highest BCUT2D eigenvalue weighted by molar-refractivity contribution is 7.81. The smallest absolute Gasteiger partial charge is 0.240 e. The molecule has 0 saturated carbocycles. The molecule has 0 rings (SSSR count). The van der Waals surface area contributed by atoms with Crippen LogP contribution in [0.5, 0.6) is 0 Å². The molecule has 42 valence electrons. The maximum absolute atomic E-state index is 5.13. The van der Waals surface area contributed by atoms with Crippen LogP contribution >= 0.6 is 47.0 Å². The molecule has 0 atom stereocenters. The van der Waals surface area contributed by atoms with Gasteiger partial charge in [-0.2, -0.15) is 0 Å². The summed E-state index contributed by atoms with van der Waals surface area (Å²) >= 11 is 19.7. The molecule has 5 heteroatoms. The summed E-state index contributed by atoms with van der Waals surface area (Å²) in [5.41, 5.74) is 4.91. The zero-order chi connectivity index (χ0) is 6.08. The van der Waals surface area contributed by atoms with Crippen LogP contribution in [0.2, 0.25) is 0 Å². The third kappa shape index (κ3) is 3.35. The number of rotatable bonds is 0. The number of hydrogen-bond acceptors (Lipinski definition) is 1. The second kappa shape index (κ2) is 2.35. The Labute approximate surface area is 61.7 Å². The molecule has 0 aromatic carbocycles. The van der Waals surface area contributed by atoms with E-state index in [9.17, 15) is 0 Å². The molecular weight excluding hydrogens is 176 g/mol. The zero-order valence-electron chi connectivity index (χ0n) is 3.12. The van der Waals surface area contributed by atoms with Gasteiger partial charge in [0.25, 0.3) is 0 Å². The van der Waals surface area contributed by atoms with Gasteiger partial charge in [0.05, 0.1) is 0 Å². The summed E-state index contributed by atoms with van der Waals surface area (Å²) in [5.74, 6) is 0. The van der Waals surface area contributed by atoms with Crippen molar-refractivity contribution in [2.45, 2.75) is 3.79 Å². The van der Waals surface area contributed by atoms with Crippen LogP contribution in [0, 0.1) is 0 Å². The molecule has 2 N–H and O–H groups in total. The maximum Gasteiger partial charge on any atom is 0.240 e. The molecular formula is C2H2Cl3NS. The monoisotopic (exact) mass is 177 g/mol. The predicted octanol–water partition coefficient (Wildman–Crippen LogP) is 1.64. The number of nitrogens with two attached hydrogens (primary N) is 1. The number of alkyl halides is 3. The summed E-state index contributed by atoms with van der Waals surface area (Å²) in [6, 6.07) is 0. The Balaban J connectivity index is 3.79. The van der Waals surface area contributed by atoms with Gasteiger partial charge in [-0.3, -0.25) is 0 Å². The molecule has 0 unspecified atom stereocenters. The lowest BCUT2D eigenvalue weighted by atomic mass is 10.8. The third-order valence-electron chi connectivity index (χ3n) is 0.279. The lowest BCUT2D eigenvalue weighted by Gasteiger charge is -2.04. The van der Waals surface area contributed by atoms with Gasteiger partial charge in [-0.1, -0.05) is 47.0 Å². The highest BCUT2D eigenvalue weighted by Gasteiger charge is 2.22. The van der Waals surface area contributed by atoms with Gasteiger partial charge in [0, 0.05) is 0 Å². The van der Waals surface area contributed by atoms with E-state index in [1.54, 1.807) is 0 Å². The van der Waals surface area contributed by atoms with Crippen LogP contribution in [0.4, 0.5) is 0 Å². The Morgan fingerprint density at radius 2 is 1.57 bits per heavy atom. The van der Waals surface area contributed by atoms with Gasteiger partial charge in [-0.05, 0) is 0 Å². The number of halogens is 3. The Hall–Kier alpha value is 0.760. The highest BCUT2D eigenvalue weighted by atomic mass is 35.6. The molecule has 1 nitrogen and oxygen atoms in total. The summed E-state index contributed by atoms with van der Waals surface area (Å²) in [5, 5.41) is 0. The van der Waals surface area contributed by atoms with Crippen molar-refractivity contribution < 1.29 is 0 Å². The molecule has 0 fully saturated rings. The fourth-order valence-electron chi connectivity index (χ4n) is 0. The van der Waals surface area contributed by atoms with E-state index in [0.717, 1.165) is 0 Å². The van der Waals surface area contributed by atoms with Crippen LogP contribution in [-0.2, 0) is 0 Å². The van der Waals surface area contributed by atoms with E-state index in [2.05, 4.69) is 12.2 Å². The van der Waals surface area contributed by atoms with Crippen molar-refractivity contribution in [3.05, 3.63) is 0 Å². The zero-order valence-corrected chi connectivity index (χ0v) is 6.20. The van der Waals surface area contributed by atoms with Gasteiger partial charge in [0.1, 0.15) is 4.99 Å². The molecule has 0 radical (unpaired) electrons. The first kappa shape index (κ1) is 7.76. The van der Waals surface area contributed by atoms with Crippen LogP contribution in [-0.4, -0.2) is 8.78 Å². The van der Waals surface area contributed by atoms with Gasteiger partial charge in [-0.15, -0.1) is 0 Å². The van der Waals surface area contributed by atoms with Gasteiger partial charge in [-0.25, -0.2) is 0 Å². The van der Waals surface area contributed by atoms with Crippen molar-refractivity contribution in [2.75, 3.05) is 0 Å². The highest BCUT2D eigenvalue weighted by Crippen LogP contribution is 2.25. The minimum Gasteiger partial charge on any atom is -0.390 e. The van der Waals surface area contributed by atoms with E-state index in [-0.39, 0.29) is 4.99 Å². The number of thiocarbonyl (C=S) groups is 1. The summed E-state index contributed by atoms with van der Waals surface area (Å²) < 4.78 is -1.57. The van der Waals surface area contributed by atoms with E-state index < -0.39 is 3.79 Å². The topological polar surface area (TPSA) is 26.0 Å². The molecule has 0 saturated heterocycles. The van der Waals surface area contributed by atoms with Gasteiger partial charge in [0.15, 0.2) is 0 Å². The normalized spacial score (nSPS) is 11.3. The Morgan fingerprint density at radius 3 is 1.57 bits per heavy atom. The third-order valence-corrected chi connectivity index (χ3v) is 1.53.